The molecule has 2 fully saturated rings. The maximum atomic E-state index is 12.4. The molecule has 136 valence electrons. The average Bonchev–Trinajstić information content (AvgIpc) is 3.00. The van der Waals surface area contributed by atoms with E-state index in [0.717, 1.165) is 12.0 Å². The van der Waals surface area contributed by atoms with Crippen LogP contribution in [-0.2, 0) is 25.8 Å². The summed E-state index contributed by atoms with van der Waals surface area (Å²) in [6.45, 7) is 2.04. The van der Waals surface area contributed by atoms with E-state index in [1.165, 1.54) is 0 Å². The van der Waals surface area contributed by atoms with E-state index in [2.05, 4.69) is 0 Å². The minimum atomic E-state index is -3.05. The molecule has 2 aliphatic rings. The van der Waals surface area contributed by atoms with Crippen molar-refractivity contribution in [1.82, 2.24) is 9.80 Å². The summed E-state index contributed by atoms with van der Waals surface area (Å²) in [5, 5.41) is 0. The first-order valence-corrected chi connectivity index (χ1v) is 10.6. The Morgan fingerprint density at radius 2 is 1.64 bits per heavy atom. The minimum Gasteiger partial charge on any atom is -0.339 e. The van der Waals surface area contributed by atoms with Gasteiger partial charge in [-0.15, -0.1) is 0 Å². The molecule has 2 heterocycles. The summed E-state index contributed by atoms with van der Waals surface area (Å²) >= 11 is 0. The second-order valence-corrected chi connectivity index (χ2v) is 9.02. The van der Waals surface area contributed by atoms with Crippen molar-refractivity contribution in [2.24, 2.45) is 5.92 Å². The van der Waals surface area contributed by atoms with Crippen molar-refractivity contribution in [2.75, 3.05) is 37.7 Å². The molecule has 2 saturated heterocycles. The summed E-state index contributed by atoms with van der Waals surface area (Å²) in [6.07, 6.45) is 1.62. The fraction of sp³-hybridized carbons (Fsp3) is 0.556. The van der Waals surface area contributed by atoms with Crippen molar-refractivity contribution in [3.05, 3.63) is 35.9 Å². The number of carbonyl (C=O) groups excluding carboxylic acids is 2. The summed E-state index contributed by atoms with van der Waals surface area (Å²) in [6, 6.07) is 9.91. The Labute approximate surface area is 148 Å². The summed E-state index contributed by atoms with van der Waals surface area (Å²) in [5.41, 5.74) is 1.15. The van der Waals surface area contributed by atoms with E-state index in [0.29, 0.717) is 39.0 Å². The Morgan fingerprint density at radius 1 is 1.00 bits per heavy atom. The zero-order chi connectivity index (χ0) is 17.9. The van der Waals surface area contributed by atoms with E-state index in [1.807, 2.05) is 30.3 Å². The van der Waals surface area contributed by atoms with Crippen molar-refractivity contribution in [2.45, 2.75) is 19.3 Å². The maximum Gasteiger partial charge on any atom is 0.226 e. The number of rotatable bonds is 4. The van der Waals surface area contributed by atoms with Crippen molar-refractivity contribution in [1.29, 1.82) is 0 Å². The molecule has 3 rings (SSSR count). The van der Waals surface area contributed by atoms with E-state index < -0.39 is 15.8 Å². The molecule has 1 unspecified atom stereocenters. The first kappa shape index (κ1) is 17.9. The summed E-state index contributed by atoms with van der Waals surface area (Å²) in [5.74, 6) is -0.272. The molecule has 2 amide bonds. The molecule has 6 nitrogen and oxygen atoms in total. The predicted octanol–water partition coefficient (Wildman–Crippen LogP) is 0.725. The highest BCUT2D eigenvalue weighted by molar-refractivity contribution is 7.91. The van der Waals surface area contributed by atoms with Crippen molar-refractivity contribution in [3.8, 4) is 0 Å². The van der Waals surface area contributed by atoms with Gasteiger partial charge in [0.2, 0.25) is 11.8 Å². The highest BCUT2D eigenvalue weighted by Crippen LogP contribution is 2.21. The van der Waals surface area contributed by atoms with Crippen LogP contribution in [0.3, 0.4) is 0 Å². The summed E-state index contributed by atoms with van der Waals surface area (Å²) < 4.78 is 23.1. The lowest BCUT2D eigenvalue weighted by molar-refractivity contribution is -0.141. The largest absolute Gasteiger partial charge is 0.339 e. The van der Waals surface area contributed by atoms with Gasteiger partial charge in [0.25, 0.3) is 0 Å². The Bertz CT molecular complexity index is 725. The van der Waals surface area contributed by atoms with Gasteiger partial charge in [0.1, 0.15) is 0 Å². The predicted molar refractivity (Wildman–Crippen MR) is 94.7 cm³/mol. The van der Waals surface area contributed by atoms with Crippen molar-refractivity contribution < 1.29 is 18.0 Å². The van der Waals surface area contributed by atoms with Crippen LogP contribution in [0.15, 0.2) is 30.3 Å². The summed E-state index contributed by atoms with van der Waals surface area (Å²) in [7, 11) is -3.05. The number of amides is 2. The van der Waals surface area contributed by atoms with Crippen molar-refractivity contribution in [3.63, 3.8) is 0 Å². The highest BCUT2D eigenvalue weighted by Gasteiger charge is 2.36. The number of carbonyl (C=O) groups is 2. The molecule has 0 saturated carbocycles. The molecule has 25 heavy (non-hydrogen) atoms. The number of nitrogens with zero attached hydrogens (tertiary/aromatic N) is 2. The maximum absolute atomic E-state index is 12.4. The fourth-order valence-corrected chi connectivity index (χ4v) is 5.21. The zero-order valence-electron chi connectivity index (χ0n) is 14.3. The SMILES string of the molecule is O=C(CCc1ccccc1)N1CCN(C(=O)C2CCS(=O)(=O)C2)CC1. The lowest BCUT2D eigenvalue weighted by atomic mass is 10.1. The van der Waals surface area contributed by atoms with Gasteiger partial charge >= 0.3 is 0 Å². The van der Waals surface area contributed by atoms with Gasteiger partial charge in [-0.05, 0) is 18.4 Å². The molecule has 0 aromatic heterocycles. The molecule has 0 aliphatic carbocycles. The molecule has 1 aromatic carbocycles. The number of hydrogen-bond donors (Lipinski definition) is 0. The van der Waals surface area contributed by atoms with Gasteiger partial charge in [-0.25, -0.2) is 8.42 Å². The number of aryl methyl sites for hydroxylation is 1. The van der Waals surface area contributed by atoms with Crippen LogP contribution in [0.2, 0.25) is 0 Å². The van der Waals surface area contributed by atoms with Crippen LogP contribution in [0.25, 0.3) is 0 Å². The van der Waals surface area contributed by atoms with Crippen molar-refractivity contribution >= 4 is 21.7 Å². The third kappa shape index (κ3) is 4.60. The van der Waals surface area contributed by atoms with Crippen LogP contribution < -0.4 is 0 Å². The van der Waals surface area contributed by atoms with Gasteiger partial charge in [0.15, 0.2) is 9.84 Å². The Kier molecular flexibility index (Phi) is 5.42. The smallest absolute Gasteiger partial charge is 0.226 e. The van der Waals surface area contributed by atoms with Gasteiger partial charge in [-0.1, -0.05) is 30.3 Å². The van der Waals surface area contributed by atoms with Crippen LogP contribution in [0.4, 0.5) is 0 Å². The zero-order valence-corrected chi connectivity index (χ0v) is 15.1. The molecule has 0 radical (unpaired) electrons. The lowest BCUT2D eigenvalue weighted by Gasteiger charge is -2.36. The first-order chi connectivity index (χ1) is 11.9. The van der Waals surface area contributed by atoms with Crippen LogP contribution in [0, 0.1) is 5.92 Å². The number of sulfone groups is 1. The lowest BCUT2D eigenvalue weighted by Crippen LogP contribution is -2.52. The fourth-order valence-electron chi connectivity index (χ4n) is 3.48. The van der Waals surface area contributed by atoms with Crippen LogP contribution in [0.5, 0.6) is 0 Å². The van der Waals surface area contributed by atoms with Crippen LogP contribution in [-0.4, -0.2) is 67.7 Å². The molecule has 2 aliphatic heterocycles. The number of benzene rings is 1. The number of hydrogen-bond acceptors (Lipinski definition) is 4. The molecule has 0 spiro atoms. The quantitative estimate of drug-likeness (QED) is 0.789. The van der Waals surface area contributed by atoms with Gasteiger partial charge in [-0.2, -0.15) is 0 Å². The van der Waals surface area contributed by atoms with E-state index in [1.54, 1.807) is 9.80 Å². The molecule has 1 aromatic rings. The van der Waals surface area contributed by atoms with Gasteiger partial charge < -0.3 is 9.80 Å². The normalized spacial score (nSPS) is 22.8. The van der Waals surface area contributed by atoms with E-state index in [4.69, 9.17) is 0 Å². The van der Waals surface area contributed by atoms with Crippen LogP contribution >= 0.6 is 0 Å². The molecule has 7 heteroatoms. The third-order valence-corrected chi connectivity index (χ3v) is 6.76. The average molecular weight is 364 g/mol. The topological polar surface area (TPSA) is 74.8 Å². The Morgan fingerprint density at radius 3 is 2.24 bits per heavy atom. The van der Waals surface area contributed by atoms with Gasteiger partial charge in [-0.3, -0.25) is 9.59 Å². The third-order valence-electron chi connectivity index (χ3n) is 5.00. The number of piperazine rings is 1. The van der Waals surface area contributed by atoms with E-state index >= 15 is 0 Å². The molecule has 1 atom stereocenters. The van der Waals surface area contributed by atoms with E-state index in [-0.39, 0.29) is 23.3 Å². The van der Waals surface area contributed by atoms with Gasteiger partial charge in [0.05, 0.1) is 17.4 Å². The highest BCUT2D eigenvalue weighted by atomic mass is 32.2. The molecule has 0 bridgehead atoms. The second-order valence-electron chi connectivity index (χ2n) is 6.79. The molecular formula is C18H24N2O4S. The molecular weight excluding hydrogens is 340 g/mol. The first-order valence-electron chi connectivity index (χ1n) is 8.75. The molecule has 0 N–H and O–H groups in total. The minimum absolute atomic E-state index is 0.0257. The summed E-state index contributed by atoms with van der Waals surface area (Å²) in [4.78, 5) is 28.3. The monoisotopic (exact) mass is 364 g/mol. The Hall–Kier alpha value is -1.89. The second kappa shape index (κ2) is 7.56. The standard InChI is InChI=1S/C18H24N2O4S/c21-17(7-6-15-4-2-1-3-5-15)19-9-11-20(12-10-19)18(22)16-8-13-25(23,24)14-16/h1-5,16H,6-14H2. The van der Waals surface area contributed by atoms with E-state index in [9.17, 15) is 18.0 Å². The Balaban J connectivity index is 1.45. The van der Waals surface area contributed by atoms with Gasteiger partial charge in [0, 0.05) is 32.6 Å². The van der Waals surface area contributed by atoms with Crippen LogP contribution in [0.1, 0.15) is 18.4 Å².